The van der Waals surface area contributed by atoms with Crippen LogP contribution in [0.25, 0.3) is 61.3 Å². The summed E-state index contributed by atoms with van der Waals surface area (Å²) in [5.41, 5.74) is 7.36. The number of hydrogen-bond acceptors (Lipinski definition) is 3. The minimum Gasteiger partial charge on any atom is -0.453 e. The third-order valence-corrected chi connectivity index (χ3v) is 15.2. The van der Waals surface area contributed by atoms with Crippen LogP contribution in [0.5, 0.6) is 0 Å². The second-order valence-electron chi connectivity index (χ2n) is 13.3. The Bertz CT molecular complexity index is 2790. The van der Waals surface area contributed by atoms with Gasteiger partial charge in [-0.25, -0.2) is 9.97 Å². The highest BCUT2D eigenvalue weighted by molar-refractivity contribution is 7.19. The average Bonchev–Trinajstić information content (AvgIpc) is 3.82. The van der Waals surface area contributed by atoms with Crippen LogP contribution in [0, 0.1) is 0 Å². The number of benzene rings is 7. The molecule has 0 saturated carbocycles. The summed E-state index contributed by atoms with van der Waals surface area (Å²) in [6, 6.07) is 69.3. The van der Waals surface area contributed by atoms with E-state index in [1.807, 2.05) is 30.5 Å². The number of nitrogens with zero attached hydrogens (tertiary/aromatic N) is 3. The van der Waals surface area contributed by atoms with Crippen LogP contribution in [0.4, 0.5) is 0 Å². The number of rotatable bonds is 7. The van der Waals surface area contributed by atoms with Crippen molar-refractivity contribution in [3.63, 3.8) is 0 Å². The Morgan fingerprint density at radius 3 is 1.72 bits per heavy atom. The summed E-state index contributed by atoms with van der Waals surface area (Å²) >= 11 is 0. The van der Waals surface area contributed by atoms with Crippen molar-refractivity contribution >= 4 is 61.8 Å². The van der Waals surface area contributed by atoms with Gasteiger partial charge in [-0.2, -0.15) is 0 Å². The van der Waals surface area contributed by atoms with Crippen molar-refractivity contribution in [1.82, 2.24) is 14.5 Å². The Balaban J connectivity index is 1.20. The Hall–Kier alpha value is -6.82. The minimum atomic E-state index is -2.72. The summed E-state index contributed by atoms with van der Waals surface area (Å²) in [6.45, 7) is 0. The lowest BCUT2D eigenvalue weighted by atomic mass is 10.0. The molecule has 0 saturated heterocycles. The Kier molecular flexibility index (Phi) is 7.44. The second-order valence-corrected chi connectivity index (χ2v) is 17.2. The van der Waals surface area contributed by atoms with Crippen LogP contribution in [0.3, 0.4) is 0 Å². The number of imidazole rings is 1. The van der Waals surface area contributed by atoms with E-state index in [1.54, 1.807) is 0 Å². The van der Waals surface area contributed by atoms with Crippen molar-refractivity contribution in [3.05, 3.63) is 200 Å². The van der Waals surface area contributed by atoms with Crippen LogP contribution in [-0.2, 0) is 0 Å². The van der Waals surface area contributed by atoms with Crippen molar-refractivity contribution in [2.24, 2.45) is 0 Å². The topological polar surface area (TPSA) is 43.9 Å². The Morgan fingerprint density at radius 2 is 1.04 bits per heavy atom. The molecule has 0 radical (unpaired) electrons. The highest BCUT2D eigenvalue weighted by Gasteiger charge is 2.41. The van der Waals surface area contributed by atoms with Gasteiger partial charge in [0, 0.05) is 28.2 Å². The molecule has 0 aliphatic heterocycles. The van der Waals surface area contributed by atoms with Gasteiger partial charge in [-0.1, -0.05) is 164 Å². The van der Waals surface area contributed by atoms with E-state index in [1.165, 1.54) is 20.7 Å². The zero-order valence-corrected chi connectivity index (χ0v) is 29.8. The van der Waals surface area contributed by atoms with E-state index < -0.39 is 8.07 Å². The molecule has 0 unspecified atom stereocenters. The maximum atomic E-state index is 6.99. The average molecular weight is 696 g/mol. The third kappa shape index (κ3) is 4.97. The van der Waals surface area contributed by atoms with Gasteiger partial charge in [-0.15, -0.1) is 0 Å². The number of para-hydroxylation sites is 4. The fourth-order valence-electron chi connectivity index (χ4n) is 8.12. The molecule has 10 rings (SSSR count). The van der Waals surface area contributed by atoms with E-state index in [4.69, 9.17) is 14.4 Å². The molecule has 10 aromatic rings. The van der Waals surface area contributed by atoms with Gasteiger partial charge in [0.05, 0.1) is 11.0 Å². The van der Waals surface area contributed by atoms with Crippen molar-refractivity contribution in [1.29, 1.82) is 0 Å². The molecule has 7 aromatic carbocycles. The predicted octanol–water partition coefficient (Wildman–Crippen LogP) is 9.03. The normalized spacial score (nSPS) is 11.8. The lowest BCUT2D eigenvalue weighted by Crippen LogP contribution is -2.74. The summed E-state index contributed by atoms with van der Waals surface area (Å²) in [6.07, 6.45) is 1.87. The molecule has 0 aliphatic carbocycles. The molecule has 0 fully saturated rings. The van der Waals surface area contributed by atoms with Crippen LogP contribution < -0.4 is 20.7 Å². The first-order valence-electron chi connectivity index (χ1n) is 17.9. The van der Waals surface area contributed by atoms with Gasteiger partial charge in [-0.05, 0) is 56.6 Å². The molecule has 0 N–H and O–H groups in total. The van der Waals surface area contributed by atoms with Gasteiger partial charge in [-0.3, -0.25) is 4.57 Å². The first-order valence-corrected chi connectivity index (χ1v) is 19.9. The fourth-order valence-corrected chi connectivity index (χ4v) is 12.9. The van der Waals surface area contributed by atoms with Crippen molar-refractivity contribution in [3.8, 4) is 28.3 Å². The van der Waals surface area contributed by atoms with Crippen LogP contribution >= 0.6 is 0 Å². The third-order valence-electron chi connectivity index (χ3n) is 10.4. The molecule has 0 spiro atoms. The summed E-state index contributed by atoms with van der Waals surface area (Å²) in [5, 5.41) is 7.39. The summed E-state index contributed by atoms with van der Waals surface area (Å²) < 4.78 is 9.16. The molecule has 3 aromatic heterocycles. The molecule has 0 bridgehead atoms. The SMILES string of the molecule is c1ccc(-n2c(-c3nccc4c3oc3c(-c5cccc([Si](c6ccccc6)(c6ccccc6)c6ccccc6)c5)cccc34)nc3ccccc32)cc1. The monoisotopic (exact) mass is 695 g/mol. The number of pyridine rings is 1. The van der Waals surface area contributed by atoms with Crippen LogP contribution in [0.2, 0.25) is 0 Å². The van der Waals surface area contributed by atoms with E-state index >= 15 is 0 Å². The number of aromatic nitrogens is 3. The van der Waals surface area contributed by atoms with Crippen LogP contribution in [-0.4, -0.2) is 22.6 Å². The molecular formula is C48H33N3OSi. The zero-order valence-electron chi connectivity index (χ0n) is 28.8. The van der Waals surface area contributed by atoms with Gasteiger partial charge < -0.3 is 4.42 Å². The Labute approximate surface area is 308 Å². The van der Waals surface area contributed by atoms with Gasteiger partial charge in [0.1, 0.15) is 11.3 Å². The number of fused-ring (bicyclic) bond motifs is 4. The highest BCUT2D eigenvalue weighted by Crippen LogP contribution is 2.40. The maximum Gasteiger partial charge on any atom is 0.179 e. The summed E-state index contributed by atoms with van der Waals surface area (Å²) in [4.78, 5) is 10.1. The van der Waals surface area contributed by atoms with Gasteiger partial charge in [0.25, 0.3) is 0 Å². The largest absolute Gasteiger partial charge is 0.453 e. The van der Waals surface area contributed by atoms with Crippen molar-refractivity contribution in [2.75, 3.05) is 0 Å². The fraction of sp³-hybridized carbons (Fsp3) is 0. The predicted molar refractivity (Wildman–Crippen MR) is 221 cm³/mol. The van der Waals surface area contributed by atoms with Gasteiger partial charge >= 0.3 is 0 Å². The standard InChI is InChI=1S/C48H33N3OSi/c1-5-18-35(19-6-1)51-44-30-14-13-29-43(44)50-48(51)45-47-42(31-32-49-45)41-28-16-27-40(46(41)52-47)34-17-15-26-39(33-34)53(36-20-7-2-8-21-36,37-22-9-3-10-23-37)38-24-11-4-12-25-38/h1-33H. The Morgan fingerprint density at radius 1 is 0.472 bits per heavy atom. The maximum absolute atomic E-state index is 6.99. The second kappa shape index (κ2) is 12.7. The molecule has 250 valence electrons. The quantitative estimate of drug-likeness (QED) is 0.124. The van der Waals surface area contributed by atoms with Crippen molar-refractivity contribution < 1.29 is 4.42 Å². The minimum absolute atomic E-state index is 0.710. The molecule has 4 nitrogen and oxygen atoms in total. The van der Waals surface area contributed by atoms with E-state index in [9.17, 15) is 0 Å². The molecule has 0 aliphatic rings. The highest BCUT2D eigenvalue weighted by atomic mass is 28.3. The van der Waals surface area contributed by atoms with Crippen molar-refractivity contribution in [2.45, 2.75) is 0 Å². The lowest BCUT2D eigenvalue weighted by Gasteiger charge is -2.34. The van der Waals surface area contributed by atoms with Gasteiger partial charge in [0.2, 0.25) is 0 Å². The first kappa shape index (κ1) is 31.0. The molecule has 0 amide bonds. The molecule has 3 heterocycles. The van der Waals surface area contributed by atoms with E-state index in [-0.39, 0.29) is 0 Å². The number of furan rings is 1. The smallest absolute Gasteiger partial charge is 0.179 e. The van der Waals surface area contributed by atoms with Crippen LogP contribution in [0.1, 0.15) is 0 Å². The molecular weight excluding hydrogens is 663 g/mol. The first-order chi connectivity index (χ1) is 26.3. The summed E-state index contributed by atoms with van der Waals surface area (Å²) in [5.74, 6) is 0.745. The molecule has 53 heavy (non-hydrogen) atoms. The molecule has 5 heteroatoms. The van der Waals surface area contributed by atoms with E-state index in [0.717, 1.165) is 55.6 Å². The lowest BCUT2D eigenvalue weighted by molar-refractivity contribution is 0.668. The van der Waals surface area contributed by atoms with E-state index in [0.29, 0.717) is 5.69 Å². The van der Waals surface area contributed by atoms with E-state index in [2.05, 4.69) is 174 Å². The zero-order chi connectivity index (χ0) is 35.2. The van der Waals surface area contributed by atoms with Gasteiger partial charge in [0.15, 0.2) is 19.5 Å². The molecule has 0 atom stereocenters. The summed E-state index contributed by atoms with van der Waals surface area (Å²) in [7, 11) is -2.72. The number of hydrogen-bond donors (Lipinski definition) is 0. The van der Waals surface area contributed by atoms with Crippen LogP contribution in [0.15, 0.2) is 205 Å².